The Morgan fingerprint density at radius 2 is 1.27 bits per heavy atom. The van der Waals surface area contributed by atoms with Crippen molar-refractivity contribution in [2.45, 2.75) is 16.7 Å². The minimum absolute atomic E-state index is 0.00165. The first-order valence-electron chi connectivity index (χ1n) is 14.2. The zero-order chi connectivity index (χ0) is 38.4. The molecule has 0 aliphatic rings. The summed E-state index contributed by atoms with van der Waals surface area (Å²) in [6.07, 6.45) is 0. The Bertz CT molecular complexity index is 2390. The Kier molecular flexibility index (Phi) is 12.7. The fraction of sp³-hybridized carbons (Fsp3) is 0.241. The Labute approximate surface area is 295 Å². The number of hydrogen-bond donors (Lipinski definition) is 2. The summed E-state index contributed by atoms with van der Waals surface area (Å²) >= 11 is 0. The summed E-state index contributed by atoms with van der Waals surface area (Å²) in [5, 5.41) is 27.6. The van der Waals surface area contributed by atoms with Crippen LogP contribution >= 0.6 is 0 Å². The topological polar surface area (TPSA) is 270 Å². The zero-order valence-electron chi connectivity index (χ0n) is 27.3. The van der Waals surface area contributed by atoms with Crippen LogP contribution in [0.25, 0.3) is 0 Å². The third kappa shape index (κ3) is 10.8. The van der Waals surface area contributed by atoms with Crippen molar-refractivity contribution in [1.29, 1.82) is 5.26 Å². The molecule has 2 aromatic carbocycles. The van der Waals surface area contributed by atoms with Crippen molar-refractivity contribution in [2.75, 3.05) is 48.5 Å². The standard InChI is InChI=1S/C29H32N8O10S4/c1-6-48(38,39)16-14-36(4)28-24(19-30)20(3)27(29(31-28)37(5)15-17-49(40,41)7-2)35-34-25-13-10-22(18-26(25)51(45,46)47)33-32-21-8-11-23(12-9-21)50(42,43)44/h6-13,18H,1-2,14-17H2,3-5H3,(H,42,43,44)(H,45,46,47). The average molecular weight is 781 g/mol. The van der Waals surface area contributed by atoms with Crippen molar-refractivity contribution in [1.82, 2.24) is 4.98 Å². The Morgan fingerprint density at radius 1 is 0.765 bits per heavy atom. The van der Waals surface area contributed by atoms with Crippen LogP contribution in [-0.2, 0) is 39.9 Å². The van der Waals surface area contributed by atoms with E-state index in [-0.39, 0.29) is 75.0 Å². The highest BCUT2D eigenvalue weighted by molar-refractivity contribution is 7.94. The summed E-state index contributed by atoms with van der Waals surface area (Å²) in [5.41, 5.74) is -0.222. The second-order valence-corrected chi connectivity index (χ2v) is 17.6. The molecule has 2 N–H and O–H groups in total. The quantitative estimate of drug-likeness (QED) is 0.149. The molecule has 51 heavy (non-hydrogen) atoms. The van der Waals surface area contributed by atoms with Gasteiger partial charge in [0.25, 0.3) is 20.2 Å². The molecule has 18 nitrogen and oxygen atoms in total. The van der Waals surface area contributed by atoms with Crippen molar-refractivity contribution >= 4 is 74.3 Å². The van der Waals surface area contributed by atoms with Crippen molar-refractivity contribution in [3.05, 3.63) is 77.6 Å². The highest BCUT2D eigenvalue weighted by Gasteiger charge is 2.24. The monoisotopic (exact) mass is 780 g/mol. The van der Waals surface area contributed by atoms with Gasteiger partial charge in [0.15, 0.2) is 25.5 Å². The first kappa shape index (κ1) is 40.5. The van der Waals surface area contributed by atoms with Crippen LogP contribution in [0.3, 0.4) is 0 Å². The van der Waals surface area contributed by atoms with Crippen LogP contribution < -0.4 is 9.80 Å². The van der Waals surface area contributed by atoms with Crippen LogP contribution in [0.2, 0.25) is 0 Å². The van der Waals surface area contributed by atoms with Gasteiger partial charge in [-0.1, -0.05) is 13.2 Å². The van der Waals surface area contributed by atoms with Crippen LogP contribution in [0.5, 0.6) is 0 Å². The van der Waals surface area contributed by atoms with E-state index in [2.05, 4.69) is 38.6 Å². The first-order chi connectivity index (χ1) is 23.6. The minimum Gasteiger partial charge on any atom is -0.357 e. The number of aromatic nitrogens is 1. The molecular formula is C29H32N8O10S4. The van der Waals surface area contributed by atoms with Gasteiger partial charge >= 0.3 is 0 Å². The van der Waals surface area contributed by atoms with Crippen molar-refractivity contribution in [2.24, 2.45) is 20.5 Å². The molecule has 0 aliphatic heterocycles. The Morgan fingerprint density at radius 3 is 1.76 bits per heavy atom. The Hall–Kier alpha value is -4.92. The molecule has 0 saturated carbocycles. The molecule has 0 saturated heterocycles. The predicted octanol–water partition coefficient (Wildman–Crippen LogP) is 4.57. The number of hydrogen-bond acceptors (Lipinski definition) is 16. The van der Waals surface area contributed by atoms with E-state index in [1.807, 2.05) is 6.07 Å². The lowest BCUT2D eigenvalue weighted by Crippen LogP contribution is -2.29. The van der Waals surface area contributed by atoms with Gasteiger partial charge in [-0.2, -0.15) is 32.3 Å². The zero-order valence-corrected chi connectivity index (χ0v) is 30.6. The highest BCUT2D eigenvalue weighted by atomic mass is 32.2. The number of benzene rings is 2. The summed E-state index contributed by atoms with van der Waals surface area (Å²) in [6, 6.07) is 10.0. The van der Waals surface area contributed by atoms with E-state index in [4.69, 9.17) is 4.55 Å². The Balaban J connectivity index is 2.13. The van der Waals surface area contributed by atoms with Crippen LogP contribution in [0, 0.1) is 18.3 Å². The molecule has 0 spiro atoms. The maximum absolute atomic E-state index is 12.4. The second kappa shape index (κ2) is 16.0. The number of nitriles is 1. The molecule has 3 aromatic rings. The summed E-state index contributed by atoms with van der Waals surface area (Å²) < 4.78 is 115. The minimum atomic E-state index is -4.95. The van der Waals surface area contributed by atoms with Gasteiger partial charge in [-0.25, -0.2) is 21.8 Å². The molecule has 0 atom stereocenters. The fourth-order valence-electron chi connectivity index (χ4n) is 4.12. The largest absolute Gasteiger partial charge is 0.357 e. The van der Waals surface area contributed by atoms with E-state index in [9.17, 15) is 43.5 Å². The number of nitrogens with zero attached hydrogens (tertiary/aromatic N) is 8. The molecule has 22 heteroatoms. The van der Waals surface area contributed by atoms with E-state index in [0.29, 0.717) is 0 Å². The lowest BCUT2D eigenvalue weighted by atomic mass is 10.1. The van der Waals surface area contributed by atoms with Gasteiger partial charge in [0, 0.05) is 43.6 Å². The van der Waals surface area contributed by atoms with Crippen LogP contribution in [0.4, 0.5) is 34.4 Å². The van der Waals surface area contributed by atoms with Crippen molar-refractivity contribution in [3.63, 3.8) is 0 Å². The smallest absolute Gasteiger partial charge is 0.296 e. The van der Waals surface area contributed by atoms with Gasteiger partial charge in [0.05, 0.1) is 33.3 Å². The maximum Gasteiger partial charge on any atom is 0.296 e. The molecule has 1 aromatic heterocycles. The van der Waals surface area contributed by atoms with E-state index in [0.717, 1.165) is 35.1 Å². The second-order valence-electron chi connectivity index (χ2n) is 10.6. The fourth-order valence-corrected chi connectivity index (χ4v) is 6.64. The van der Waals surface area contributed by atoms with Crippen molar-refractivity contribution < 1.29 is 42.8 Å². The molecule has 0 unspecified atom stereocenters. The van der Waals surface area contributed by atoms with Crippen molar-refractivity contribution in [3.8, 4) is 6.07 Å². The van der Waals surface area contributed by atoms with E-state index >= 15 is 0 Å². The molecule has 0 fully saturated rings. The summed E-state index contributed by atoms with van der Waals surface area (Å²) in [5.74, 6) is -0.693. The predicted molar refractivity (Wildman–Crippen MR) is 189 cm³/mol. The maximum atomic E-state index is 12.4. The summed E-state index contributed by atoms with van der Waals surface area (Å²) in [7, 11) is -13.7. The van der Waals surface area contributed by atoms with E-state index in [1.165, 1.54) is 49.0 Å². The summed E-state index contributed by atoms with van der Waals surface area (Å²) in [6.45, 7) is 7.82. The number of anilines is 2. The number of azo groups is 2. The first-order valence-corrected chi connectivity index (χ1v) is 20.5. The van der Waals surface area contributed by atoms with Gasteiger partial charge in [0.1, 0.15) is 28.2 Å². The molecular weight excluding hydrogens is 749 g/mol. The SMILES string of the molecule is C=CS(=O)(=O)CCN(C)c1nc(N(C)CCS(=O)(=O)C=C)c(N=Nc2ccc(N=Nc3ccc(S(=O)(=O)O)cc3)cc2S(=O)(=O)O)c(C)c1C#N. The molecule has 272 valence electrons. The van der Waals surface area contributed by atoms with Crippen LogP contribution in [0.15, 0.2) is 96.7 Å². The van der Waals surface area contributed by atoms with Gasteiger partial charge < -0.3 is 9.80 Å². The number of sulfone groups is 2. The molecule has 0 bridgehead atoms. The average Bonchev–Trinajstić information content (AvgIpc) is 3.07. The normalized spacial score (nSPS) is 12.5. The lowest BCUT2D eigenvalue weighted by Gasteiger charge is -2.25. The molecule has 0 amide bonds. The summed E-state index contributed by atoms with van der Waals surface area (Å²) in [4.78, 5) is 6.22. The van der Waals surface area contributed by atoms with Gasteiger partial charge in [0.2, 0.25) is 0 Å². The lowest BCUT2D eigenvalue weighted by molar-refractivity contribution is 0.481. The third-order valence-corrected chi connectivity index (χ3v) is 11.3. The number of pyridine rings is 1. The highest BCUT2D eigenvalue weighted by Crippen LogP contribution is 2.39. The third-order valence-electron chi connectivity index (χ3n) is 7.04. The van der Waals surface area contributed by atoms with Gasteiger partial charge in [-0.3, -0.25) is 9.11 Å². The van der Waals surface area contributed by atoms with E-state index in [1.54, 1.807) is 0 Å². The molecule has 1 heterocycles. The molecule has 0 radical (unpaired) electrons. The van der Waals surface area contributed by atoms with E-state index < -0.39 is 44.8 Å². The molecule has 0 aliphatic carbocycles. The molecule has 3 rings (SSSR count). The van der Waals surface area contributed by atoms with Gasteiger partial charge in [-0.05, 0) is 49.4 Å². The van der Waals surface area contributed by atoms with Crippen LogP contribution in [0.1, 0.15) is 11.1 Å². The number of rotatable bonds is 16. The van der Waals surface area contributed by atoms with Gasteiger partial charge in [-0.15, -0.1) is 10.2 Å². The van der Waals surface area contributed by atoms with Crippen LogP contribution in [-0.4, -0.2) is 86.5 Å².